The number of hydrogen-bond acceptors (Lipinski definition) is 6. The zero-order chi connectivity index (χ0) is 26.1. The Kier molecular flexibility index (Phi) is 7.68. The van der Waals surface area contributed by atoms with Gasteiger partial charge in [0.25, 0.3) is 5.91 Å². The maximum absolute atomic E-state index is 13.5. The summed E-state index contributed by atoms with van der Waals surface area (Å²) < 4.78 is 30.0. The van der Waals surface area contributed by atoms with Crippen molar-refractivity contribution in [1.29, 1.82) is 0 Å². The van der Waals surface area contributed by atoms with E-state index in [0.717, 1.165) is 5.56 Å². The van der Waals surface area contributed by atoms with Gasteiger partial charge in [-0.2, -0.15) is 4.99 Å². The average molecular weight is 550 g/mol. The third-order valence-corrected chi connectivity index (χ3v) is 9.19. The van der Waals surface area contributed by atoms with Crippen molar-refractivity contribution < 1.29 is 22.7 Å². The molecule has 192 valence electrons. The summed E-state index contributed by atoms with van der Waals surface area (Å²) in [5.74, 6) is -0.612. The van der Waals surface area contributed by atoms with Crippen LogP contribution in [0.25, 0.3) is 0 Å². The second-order valence-electron chi connectivity index (χ2n) is 9.74. The lowest BCUT2D eigenvalue weighted by molar-refractivity contribution is -0.119. The number of sulfone groups is 1. The number of aliphatic imine (C=N–C) groups is 1. The molecule has 2 amide bonds. The number of fused-ring (bicyclic) bond motifs is 1. The van der Waals surface area contributed by atoms with Gasteiger partial charge >= 0.3 is 6.09 Å². The molecule has 8 nitrogen and oxygen atoms in total. The smallest absolute Gasteiger partial charge is 0.408 e. The monoisotopic (exact) mass is 549 g/mol. The fourth-order valence-electron chi connectivity index (χ4n) is 4.17. The number of carbonyl (C=O) groups is 2. The standard InChI is InChI=1S/C25H28ClN3O5S2/c1-25(2,3)34-24(31)27-18(13-16-9-5-4-6-10-16)22(30)28-23-29(19-12-8-7-11-17(19)26)20-14-36(32,33)15-21(20)35-23/h4-12,18,20-21H,13-15H2,1-3H3,(H,27,31)/t18-,20-,21-/m0/s1. The van der Waals surface area contributed by atoms with E-state index in [1.54, 1.807) is 49.9 Å². The number of alkyl carbamates (subject to hydrolysis) is 1. The predicted molar refractivity (Wildman–Crippen MR) is 143 cm³/mol. The number of amides is 2. The van der Waals surface area contributed by atoms with Crippen molar-refractivity contribution in [3.8, 4) is 0 Å². The van der Waals surface area contributed by atoms with Gasteiger partial charge in [0, 0.05) is 11.7 Å². The van der Waals surface area contributed by atoms with E-state index in [-0.39, 0.29) is 23.2 Å². The van der Waals surface area contributed by atoms with E-state index in [2.05, 4.69) is 10.3 Å². The first-order chi connectivity index (χ1) is 16.9. The Morgan fingerprint density at radius 3 is 2.47 bits per heavy atom. The van der Waals surface area contributed by atoms with Crippen molar-refractivity contribution in [2.75, 3.05) is 16.4 Å². The molecule has 2 fully saturated rings. The van der Waals surface area contributed by atoms with Crippen LogP contribution in [0.2, 0.25) is 5.02 Å². The quantitative estimate of drug-likeness (QED) is 0.599. The first-order valence-electron chi connectivity index (χ1n) is 11.5. The highest BCUT2D eigenvalue weighted by molar-refractivity contribution is 8.16. The van der Waals surface area contributed by atoms with Crippen LogP contribution in [0.5, 0.6) is 0 Å². The van der Waals surface area contributed by atoms with Crippen LogP contribution in [0, 0.1) is 0 Å². The Morgan fingerprint density at radius 2 is 1.81 bits per heavy atom. The molecular formula is C25H28ClN3O5S2. The van der Waals surface area contributed by atoms with Crippen LogP contribution in [0.3, 0.4) is 0 Å². The number of benzene rings is 2. The minimum atomic E-state index is -3.22. The third-order valence-electron chi connectivity index (χ3n) is 5.66. The van der Waals surface area contributed by atoms with Crippen LogP contribution in [0.15, 0.2) is 59.6 Å². The molecule has 2 aromatic rings. The van der Waals surface area contributed by atoms with Gasteiger partial charge in [0.2, 0.25) is 0 Å². The summed E-state index contributed by atoms with van der Waals surface area (Å²) in [6.07, 6.45) is -0.504. The van der Waals surface area contributed by atoms with Crippen molar-refractivity contribution in [1.82, 2.24) is 5.32 Å². The van der Waals surface area contributed by atoms with Crippen molar-refractivity contribution in [3.63, 3.8) is 0 Å². The molecule has 2 saturated heterocycles. The highest BCUT2D eigenvalue weighted by Crippen LogP contribution is 2.43. The number of ether oxygens (including phenoxy) is 1. The van der Waals surface area contributed by atoms with Crippen LogP contribution in [0.1, 0.15) is 26.3 Å². The van der Waals surface area contributed by atoms with E-state index in [4.69, 9.17) is 16.3 Å². The molecule has 0 spiro atoms. The zero-order valence-electron chi connectivity index (χ0n) is 20.2. The Bertz CT molecular complexity index is 1280. The lowest BCUT2D eigenvalue weighted by Gasteiger charge is -2.26. The molecule has 2 heterocycles. The first-order valence-corrected chi connectivity index (χ1v) is 14.6. The van der Waals surface area contributed by atoms with E-state index in [1.807, 2.05) is 30.3 Å². The number of hydrogen-bond donors (Lipinski definition) is 1. The SMILES string of the molecule is CC(C)(C)OC(=O)N[C@@H](Cc1ccccc1)C(=O)N=C1S[C@H]2CS(=O)(=O)C[C@@H]2N1c1ccccc1Cl. The van der Waals surface area contributed by atoms with E-state index in [0.29, 0.717) is 15.9 Å². The third kappa shape index (κ3) is 6.41. The lowest BCUT2D eigenvalue weighted by Crippen LogP contribution is -2.45. The molecule has 0 bridgehead atoms. The van der Waals surface area contributed by atoms with E-state index >= 15 is 0 Å². The highest BCUT2D eigenvalue weighted by atomic mass is 35.5. The Morgan fingerprint density at radius 1 is 1.14 bits per heavy atom. The van der Waals surface area contributed by atoms with Gasteiger partial charge in [-0.1, -0.05) is 65.8 Å². The summed E-state index contributed by atoms with van der Waals surface area (Å²) in [7, 11) is -3.22. The number of thioether (sulfide) groups is 1. The second kappa shape index (κ2) is 10.4. The number of nitrogens with one attached hydrogen (secondary N) is 1. The second-order valence-corrected chi connectivity index (χ2v) is 13.5. The van der Waals surface area contributed by atoms with Gasteiger partial charge in [-0.15, -0.1) is 0 Å². The molecule has 0 aromatic heterocycles. The molecule has 1 N–H and O–H groups in total. The zero-order valence-corrected chi connectivity index (χ0v) is 22.6. The van der Waals surface area contributed by atoms with E-state index in [1.165, 1.54) is 11.8 Å². The largest absolute Gasteiger partial charge is 0.444 e. The van der Waals surface area contributed by atoms with Crippen molar-refractivity contribution in [2.45, 2.75) is 50.1 Å². The van der Waals surface area contributed by atoms with Crippen LogP contribution in [-0.2, 0) is 25.8 Å². The number of rotatable bonds is 5. The number of para-hydroxylation sites is 1. The topological polar surface area (TPSA) is 105 Å². The van der Waals surface area contributed by atoms with Gasteiger partial charge in [-0.25, -0.2) is 13.2 Å². The van der Waals surface area contributed by atoms with Crippen LogP contribution < -0.4 is 10.2 Å². The maximum atomic E-state index is 13.5. The fourth-order valence-corrected chi connectivity index (χ4v) is 8.30. The number of nitrogens with zero attached hydrogens (tertiary/aromatic N) is 2. The molecule has 0 radical (unpaired) electrons. The van der Waals surface area contributed by atoms with Crippen LogP contribution in [0.4, 0.5) is 10.5 Å². The van der Waals surface area contributed by atoms with Gasteiger partial charge in [-0.05, 0) is 38.5 Å². The number of carbonyl (C=O) groups excluding carboxylic acids is 2. The minimum Gasteiger partial charge on any atom is -0.444 e. The number of amidine groups is 1. The van der Waals surface area contributed by atoms with E-state index < -0.39 is 39.5 Å². The summed E-state index contributed by atoms with van der Waals surface area (Å²) in [6.45, 7) is 5.22. The van der Waals surface area contributed by atoms with E-state index in [9.17, 15) is 18.0 Å². The van der Waals surface area contributed by atoms with Gasteiger partial charge in [0.1, 0.15) is 11.6 Å². The van der Waals surface area contributed by atoms with Crippen LogP contribution in [-0.4, -0.2) is 60.0 Å². The Labute approximate surface area is 220 Å². The molecule has 3 atom stereocenters. The van der Waals surface area contributed by atoms with Crippen molar-refractivity contribution >= 4 is 56.1 Å². The van der Waals surface area contributed by atoms with Gasteiger partial charge in [-0.3, -0.25) is 4.79 Å². The lowest BCUT2D eigenvalue weighted by atomic mass is 10.1. The average Bonchev–Trinajstić information content (AvgIpc) is 3.24. The number of anilines is 1. The molecule has 0 unspecified atom stereocenters. The summed E-state index contributed by atoms with van der Waals surface area (Å²) >= 11 is 7.70. The predicted octanol–water partition coefficient (Wildman–Crippen LogP) is 4.08. The summed E-state index contributed by atoms with van der Waals surface area (Å²) in [6, 6.07) is 15.0. The van der Waals surface area contributed by atoms with Gasteiger partial charge in [0.05, 0.1) is 28.3 Å². The van der Waals surface area contributed by atoms with Gasteiger partial charge in [0.15, 0.2) is 15.0 Å². The summed E-state index contributed by atoms with van der Waals surface area (Å²) in [5.41, 5.74) is 0.696. The van der Waals surface area contributed by atoms with Gasteiger partial charge < -0.3 is 15.0 Å². The molecule has 2 aliphatic rings. The Balaban J connectivity index is 1.66. The molecule has 0 aliphatic carbocycles. The normalized spacial score (nSPS) is 22.8. The number of halogens is 1. The minimum absolute atomic E-state index is 0.0000981. The van der Waals surface area contributed by atoms with Crippen molar-refractivity contribution in [2.24, 2.45) is 4.99 Å². The first kappa shape index (κ1) is 26.5. The fraction of sp³-hybridized carbons (Fsp3) is 0.400. The Hall–Kier alpha value is -2.56. The highest BCUT2D eigenvalue weighted by Gasteiger charge is 2.50. The van der Waals surface area contributed by atoms with Crippen LogP contribution >= 0.6 is 23.4 Å². The molecule has 11 heteroatoms. The molecule has 2 aliphatic heterocycles. The molecule has 0 saturated carbocycles. The summed E-state index contributed by atoms with van der Waals surface area (Å²) in [4.78, 5) is 32.1. The maximum Gasteiger partial charge on any atom is 0.408 e. The van der Waals surface area contributed by atoms with Crippen molar-refractivity contribution in [3.05, 3.63) is 65.2 Å². The summed E-state index contributed by atoms with van der Waals surface area (Å²) in [5, 5.41) is 3.17. The molecular weight excluding hydrogens is 522 g/mol. The molecule has 2 aromatic carbocycles. The molecule has 4 rings (SSSR count). The molecule has 36 heavy (non-hydrogen) atoms.